The molecule has 22 heavy (non-hydrogen) atoms. The number of amides is 4. The van der Waals surface area contributed by atoms with Crippen LogP contribution in [-0.4, -0.2) is 41.6 Å². The average Bonchev–Trinajstić information content (AvgIpc) is 2.72. The maximum Gasteiger partial charge on any atom is 0.264 e. The Morgan fingerprint density at radius 1 is 1.23 bits per heavy atom. The van der Waals surface area contributed by atoms with Crippen LogP contribution in [0.15, 0.2) is 18.2 Å². The quantitative estimate of drug-likeness (QED) is 0.428. The number of fused-ring (bicyclic) bond motifs is 1. The van der Waals surface area contributed by atoms with Gasteiger partial charge in [0.25, 0.3) is 11.8 Å². The lowest BCUT2D eigenvalue weighted by molar-refractivity contribution is -0.136. The summed E-state index contributed by atoms with van der Waals surface area (Å²) >= 11 is 0. The van der Waals surface area contributed by atoms with Gasteiger partial charge in [-0.25, -0.2) is 5.84 Å². The predicted molar refractivity (Wildman–Crippen MR) is 75.7 cm³/mol. The number of imide groups is 2. The smallest absolute Gasteiger partial charge is 0.264 e. The van der Waals surface area contributed by atoms with Gasteiger partial charge in [0.1, 0.15) is 6.04 Å². The number of carbonyl (C=O) groups excluding carboxylic acids is 4. The lowest BCUT2D eigenvalue weighted by Crippen LogP contribution is -2.54. The number of nitrogens with two attached hydrogens (primary N) is 1. The summed E-state index contributed by atoms with van der Waals surface area (Å²) < 4.78 is 0. The van der Waals surface area contributed by atoms with Gasteiger partial charge in [0.15, 0.2) is 0 Å². The summed E-state index contributed by atoms with van der Waals surface area (Å²) in [6, 6.07) is 3.80. The van der Waals surface area contributed by atoms with Crippen LogP contribution < -0.4 is 16.2 Å². The topological polar surface area (TPSA) is 113 Å². The van der Waals surface area contributed by atoms with Gasteiger partial charge in [0.2, 0.25) is 11.8 Å². The SMILES string of the molecule is CN(N)c1cccc2c1C(=O)N(C1CCC(=O)NC1=O)C2=O. The van der Waals surface area contributed by atoms with Crippen molar-refractivity contribution in [1.82, 2.24) is 10.2 Å². The summed E-state index contributed by atoms with van der Waals surface area (Å²) in [6.45, 7) is 0. The van der Waals surface area contributed by atoms with Crippen LogP contribution in [0.5, 0.6) is 0 Å². The third kappa shape index (κ3) is 1.96. The first-order valence-electron chi connectivity index (χ1n) is 6.75. The fraction of sp³-hybridized carbons (Fsp3) is 0.286. The van der Waals surface area contributed by atoms with Crippen molar-refractivity contribution < 1.29 is 19.2 Å². The number of benzene rings is 1. The molecule has 8 nitrogen and oxygen atoms in total. The zero-order valence-corrected chi connectivity index (χ0v) is 11.8. The molecule has 0 saturated carbocycles. The second kappa shape index (κ2) is 4.92. The van der Waals surface area contributed by atoms with E-state index in [1.54, 1.807) is 19.2 Å². The van der Waals surface area contributed by atoms with Crippen molar-refractivity contribution in [2.75, 3.05) is 12.1 Å². The van der Waals surface area contributed by atoms with Crippen molar-refractivity contribution in [1.29, 1.82) is 0 Å². The molecule has 2 aliphatic heterocycles. The molecule has 114 valence electrons. The summed E-state index contributed by atoms with van der Waals surface area (Å²) in [5.74, 6) is 3.55. The van der Waals surface area contributed by atoms with Crippen LogP contribution in [0.2, 0.25) is 0 Å². The standard InChI is InChI=1S/C14H14N4O4/c1-17(15)8-4-2-3-7-11(8)14(22)18(13(7)21)9-5-6-10(19)16-12(9)20/h2-4,9H,5-6,15H2,1H3,(H,16,19,20). The Hall–Kier alpha value is -2.74. The first-order chi connectivity index (χ1) is 10.4. The van der Waals surface area contributed by atoms with Gasteiger partial charge >= 0.3 is 0 Å². The molecule has 0 aliphatic carbocycles. The zero-order chi connectivity index (χ0) is 16.0. The van der Waals surface area contributed by atoms with E-state index in [4.69, 9.17) is 5.84 Å². The lowest BCUT2D eigenvalue weighted by Gasteiger charge is -2.28. The molecule has 2 heterocycles. The van der Waals surface area contributed by atoms with Crippen LogP contribution in [0, 0.1) is 0 Å². The molecule has 3 N–H and O–H groups in total. The number of carbonyl (C=O) groups is 4. The van der Waals surface area contributed by atoms with Crippen molar-refractivity contribution >= 4 is 29.3 Å². The van der Waals surface area contributed by atoms with E-state index in [9.17, 15) is 19.2 Å². The van der Waals surface area contributed by atoms with E-state index < -0.39 is 29.7 Å². The molecule has 4 amide bonds. The van der Waals surface area contributed by atoms with Crippen molar-refractivity contribution in [2.24, 2.45) is 5.84 Å². The number of nitrogens with zero attached hydrogens (tertiary/aromatic N) is 2. The fourth-order valence-corrected chi connectivity index (χ4v) is 2.79. The first-order valence-corrected chi connectivity index (χ1v) is 6.75. The Morgan fingerprint density at radius 3 is 2.59 bits per heavy atom. The highest BCUT2D eigenvalue weighted by Crippen LogP contribution is 2.32. The summed E-state index contributed by atoms with van der Waals surface area (Å²) in [5.41, 5.74) is 0.803. The van der Waals surface area contributed by atoms with Gasteiger partial charge in [-0.3, -0.25) is 29.4 Å². The Bertz CT molecular complexity index is 713. The molecule has 0 bridgehead atoms. The Kier molecular flexibility index (Phi) is 3.18. The molecule has 8 heteroatoms. The van der Waals surface area contributed by atoms with Crippen LogP contribution in [-0.2, 0) is 9.59 Å². The molecule has 1 saturated heterocycles. The van der Waals surface area contributed by atoms with Gasteiger partial charge in [0, 0.05) is 13.5 Å². The van der Waals surface area contributed by atoms with Crippen LogP contribution in [0.1, 0.15) is 33.6 Å². The highest BCUT2D eigenvalue weighted by atomic mass is 16.2. The van der Waals surface area contributed by atoms with E-state index in [-0.39, 0.29) is 24.0 Å². The van der Waals surface area contributed by atoms with E-state index >= 15 is 0 Å². The number of anilines is 1. The third-order valence-electron chi connectivity index (χ3n) is 3.83. The number of nitrogens with one attached hydrogen (secondary N) is 1. The molecular weight excluding hydrogens is 288 g/mol. The summed E-state index contributed by atoms with van der Waals surface area (Å²) in [4.78, 5) is 49.2. The number of hydrogen-bond acceptors (Lipinski definition) is 6. The van der Waals surface area contributed by atoms with E-state index in [1.807, 2.05) is 0 Å². The normalized spacial score (nSPS) is 21.0. The van der Waals surface area contributed by atoms with Crippen molar-refractivity contribution in [2.45, 2.75) is 18.9 Å². The van der Waals surface area contributed by atoms with Gasteiger partial charge in [-0.05, 0) is 18.6 Å². The minimum Gasteiger partial charge on any atom is -0.313 e. The summed E-state index contributed by atoms with van der Waals surface area (Å²) in [5, 5.41) is 3.40. The van der Waals surface area contributed by atoms with Gasteiger partial charge in [-0.1, -0.05) is 6.07 Å². The van der Waals surface area contributed by atoms with Crippen molar-refractivity contribution in [3.63, 3.8) is 0 Å². The molecule has 1 aromatic carbocycles. The first kappa shape index (κ1) is 14.2. The molecule has 0 aromatic heterocycles. The second-order valence-corrected chi connectivity index (χ2v) is 5.26. The number of hydrazine groups is 1. The number of rotatable bonds is 2. The second-order valence-electron chi connectivity index (χ2n) is 5.26. The molecule has 2 aliphatic rings. The monoisotopic (exact) mass is 302 g/mol. The van der Waals surface area contributed by atoms with E-state index in [0.717, 1.165) is 4.90 Å². The Morgan fingerprint density at radius 2 is 1.95 bits per heavy atom. The van der Waals surface area contributed by atoms with E-state index in [2.05, 4.69) is 5.32 Å². The van der Waals surface area contributed by atoms with Gasteiger partial charge < -0.3 is 5.01 Å². The molecule has 1 aromatic rings. The molecule has 1 fully saturated rings. The van der Waals surface area contributed by atoms with Crippen molar-refractivity contribution in [3.8, 4) is 0 Å². The van der Waals surface area contributed by atoms with E-state index in [0.29, 0.717) is 5.69 Å². The lowest BCUT2D eigenvalue weighted by atomic mass is 10.0. The maximum absolute atomic E-state index is 12.6. The average molecular weight is 302 g/mol. The molecule has 0 spiro atoms. The highest BCUT2D eigenvalue weighted by Gasteiger charge is 2.45. The number of piperidine rings is 1. The van der Waals surface area contributed by atoms with Crippen LogP contribution in [0.3, 0.4) is 0 Å². The number of hydrogen-bond donors (Lipinski definition) is 2. The van der Waals surface area contributed by atoms with Crippen LogP contribution >= 0.6 is 0 Å². The molecule has 0 radical (unpaired) electrons. The highest BCUT2D eigenvalue weighted by molar-refractivity contribution is 6.25. The van der Waals surface area contributed by atoms with Gasteiger partial charge in [-0.15, -0.1) is 0 Å². The Labute approximate surface area is 125 Å². The minimum absolute atomic E-state index is 0.0907. The van der Waals surface area contributed by atoms with Gasteiger partial charge in [0.05, 0.1) is 16.8 Å². The molecule has 3 rings (SSSR count). The Balaban J connectivity index is 2.02. The molecular formula is C14H14N4O4. The zero-order valence-electron chi connectivity index (χ0n) is 11.8. The summed E-state index contributed by atoms with van der Waals surface area (Å²) in [7, 11) is 1.56. The van der Waals surface area contributed by atoms with Crippen molar-refractivity contribution in [3.05, 3.63) is 29.3 Å². The fourth-order valence-electron chi connectivity index (χ4n) is 2.79. The van der Waals surface area contributed by atoms with Gasteiger partial charge in [-0.2, -0.15) is 0 Å². The van der Waals surface area contributed by atoms with Crippen LogP contribution in [0.4, 0.5) is 5.69 Å². The molecule has 1 unspecified atom stereocenters. The largest absolute Gasteiger partial charge is 0.313 e. The minimum atomic E-state index is -0.971. The van der Waals surface area contributed by atoms with Crippen LogP contribution in [0.25, 0.3) is 0 Å². The summed E-state index contributed by atoms with van der Waals surface area (Å²) in [6.07, 6.45) is 0.220. The third-order valence-corrected chi connectivity index (χ3v) is 3.83. The van der Waals surface area contributed by atoms with E-state index in [1.165, 1.54) is 11.1 Å². The predicted octanol–water partition coefficient (Wildman–Crippen LogP) is -0.602. The molecule has 1 atom stereocenters. The maximum atomic E-state index is 12.6.